The number of nitrogens with two attached hydrogens (primary N) is 1. The highest BCUT2D eigenvalue weighted by Gasteiger charge is 2.36. The summed E-state index contributed by atoms with van der Waals surface area (Å²) in [5, 5.41) is 12.2. The summed E-state index contributed by atoms with van der Waals surface area (Å²) in [5.41, 5.74) is 5.49. The van der Waals surface area contributed by atoms with Crippen LogP contribution in [0.1, 0.15) is 32.6 Å². The van der Waals surface area contributed by atoms with E-state index in [2.05, 4.69) is 17.2 Å². The Bertz CT molecular complexity index is 182. The number of guanidine groups is 1. The third kappa shape index (κ3) is 2.59. The minimum Gasteiger partial charge on any atom is -0.394 e. The Morgan fingerprint density at radius 3 is 2.69 bits per heavy atom. The largest absolute Gasteiger partial charge is 0.394 e. The van der Waals surface area contributed by atoms with Crippen LogP contribution in [0.5, 0.6) is 0 Å². The van der Waals surface area contributed by atoms with Gasteiger partial charge in [-0.1, -0.05) is 6.92 Å². The average molecular weight is 185 g/mol. The molecule has 4 nitrogen and oxygen atoms in total. The van der Waals surface area contributed by atoms with Gasteiger partial charge in [-0.2, -0.15) is 0 Å². The van der Waals surface area contributed by atoms with Gasteiger partial charge in [0.05, 0.1) is 12.1 Å². The predicted molar refractivity (Wildman–Crippen MR) is 53.6 cm³/mol. The molecule has 0 spiro atoms. The van der Waals surface area contributed by atoms with Crippen molar-refractivity contribution in [2.75, 3.05) is 13.2 Å². The van der Waals surface area contributed by atoms with Crippen LogP contribution in [0, 0.1) is 0 Å². The van der Waals surface area contributed by atoms with Gasteiger partial charge in [0, 0.05) is 6.54 Å². The molecule has 1 fully saturated rings. The Labute approximate surface area is 79.2 Å². The van der Waals surface area contributed by atoms with Gasteiger partial charge in [-0.05, 0) is 25.7 Å². The fraction of sp³-hybridized carbons (Fsp3) is 0.889. The molecule has 0 unspecified atom stereocenters. The van der Waals surface area contributed by atoms with E-state index in [0.29, 0.717) is 5.96 Å². The topological polar surface area (TPSA) is 70.6 Å². The van der Waals surface area contributed by atoms with Gasteiger partial charge >= 0.3 is 0 Å². The summed E-state index contributed by atoms with van der Waals surface area (Å²) >= 11 is 0. The van der Waals surface area contributed by atoms with E-state index in [1.807, 2.05) is 0 Å². The molecule has 0 aromatic rings. The quantitative estimate of drug-likeness (QED) is 0.433. The van der Waals surface area contributed by atoms with Gasteiger partial charge in [-0.3, -0.25) is 4.99 Å². The summed E-state index contributed by atoms with van der Waals surface area (Å²) < 4.78 is 0. The van der Waals surface area contributed by atoms with Gasteiger partial charge in [-0.15, -0.1) is 0 Å². The lowest BCUT2D eigenvalue weighted by Crippen LogP contribution is -2.58. The Morgan fingerprint density at radius 2 is 2.31 bits per heavy atom. The van der Waals surface area contributed by atoms with Crippen LogP contribution in [0.4, 0.5) is 0 Å². The molecule has 0 aliphatic heterocycles. The van der Waals surface area contributed by atoms with E-state index >= 15 is 0 Å². The monoisotopic (exact) mass is 185 g/mol. The summed E-state index contributed by atoms with van der Waals surface area (Å²) in [7, 11) is 0. The van der Waals surface area contributed by atoms with Crippen LogP contribution in [0.2, 0.25) is 0 Å². The van der Waals surface area contributed by atoms with Crippen molar-refractivity contribution in [1.82, 2.24) is 5.32 Å². The first kappa shape index (κ1) is 10.3. The van der Waals surface area contributed by atoms with Gasteiger partial charge in [0.1, 0.15) is 0 Å². The predicted octanol–water partition coefficient (Wildman–Crippen LogP) is 0.216. The molecule has 0 aromatic heterocycles. The molecule has 0 heterocycles. The highest BCUT2D eigenvalue weighted by molar-refractivity contribution is 5.78. The van der Waals surface area contributed by atoms with Crippen LogP contribution in [0.3, 0.4) is 0 Å². The van der Waals surface area contributed by atoms with Crippen molar-refractivity contribution in [1.29, 1.82) is 0 Å². The van der Waals surface area contributed by atoms with E-state index in [9.17, 15) is 0 Å². The maximum atomic E-state index is 9.14. The van der Waals surface area contributed by atoms with E-state index in [4.69, 9.17) is 10.8 Å². The van der Waals surface area contributed by atoms with E-state index in [1.165, 1.54) is 0 Å². The maximum absolute atomic E-state index is 9.14. The number of nitrogens with zero attached hydrogens (tertiary/aromatic N) is 1. The van der Waals surface area contributed by atoms with E-state index < -0.39 is 0 Å². The minimum atomic E-state index is -0.165. The Kier molecular flexibility index (Phi) is 3.54. The molecule has 1 rings (SSSR count). The number of hydrogen-bond donors (Lipinski definition) is 3. The molecule has 0 radical (unpaired) electrons. The summed E-state index contributed by atoms with van der Waals surface area (Å²) in [6, 6.07) is 0. The normalized spacial score (nSPS) is 20.9. The zero-order chi connectivity index (χ0) is 9.73. The van der Waals surface area contributed by atoms with Gasteiger partial charge in [0.15, 0.2) is 5.96 Å². The lowest BCUT2D eigenvalue weighted by Gasteiger charge is -2.41. The van der Waals surface area contributed by atoms with Crippen molar-refractivity contribution < 1.29 is 5.11 Å². The molecule has 1 saturated carbocycles. The molecule has 0 saturated heterocycles. The number of hydrogen-bond acceptors (Lipinski definition) is 2. The minimum absolute atomic E-state index is 0.148. The average Bonchev–Trinajstić information content (AvgIpc) is 2.08. The van der Waals surface area contributed by atoms with Crippen molar-refractivity contribution in [2.45, 2.75) is 38.1 Å². The Hall–Kier alpha value is -0.770. The summed E-state index contributed by atoms with van der Waals surface area (Å²) in [6.45, 7) is 2.96. The first-order valence-corrected chi connectivity index (χ1v) is 4.91. The molecule has 13 heavy (non-hydrogen) atoms. The number of nitrogens with one attached hydrogen (secondary N) is 1. The molecule has 76 valence electrons. The van der Waals surface area contributed by atoms with Gasteiger partial charge in [-0.25, -0.2) is 0 Å². The van der Waals surface area contributed by atoms with Crippen molar-refractivity contribution in [3.05, 3.63) is 0 Å². The van der Waals surface area contributed by atoms with Gasteiger partial charge < -0.3 is 16.2 Å². The number of aliphatic hydroxyl groups excluding tert-OH is 1. The third-order valence-corrected chi connectivity index (χ3v) is 2.51. The zero-order valence-electron chi connectivity index (χ0n) is 8.21. The Morgan fingerprint density at radius 1 is 1.62 bits per heavy atom. The lowest BCUT2D eigenvalue weighted by atomic mass is 9.77. The van der Waals surface area contributed by atoms with Crippen LogP contribution in [-0.4, -0.2) is 29.8 Å². The van der Waals surface area contributed by atoms with Crippen molar-refractivity contribution in [3.8, 4) is 0 Å². The SMILES string of the molecule is CCCN=C(N)NC1(CO)CCC1. The van der Waals surface area contributed by atoms with Crippen LogP contribution in [-0.2, 0) is 0 Å². The summed E-state index contributed by atoms with van der Waals surface area (Å²) in [5.74, 6) is 0.468. The number of rotatable bonds is 4. The highest BCUT2D eigenvalue weighted by Crippen LogP contribution is 2.30. The zero-order valence-corrected chi connectivity index (χ0v) is 8.21. The van der Waals surface area contributed by atoms with Crippen LogP contribution in [0.25, 0.3) is 0 Å². The maximum Gasteiger partial charge on any atom is 0.189 e. The first-order chi connectivity index (χ1) is 6.22. The molecule has 4 heteroatoms. The lowest BCUT2D eigenvalue weighted by molar-refractivity contribution is 0.107. The summed E-state index contributed by atoms with van der Waals surface area (Å²) in [4.78, 5) is 4.13. The van der Waals surface area contributed by atoms with E-state index in [0.717, 1.165) is 32.2 Å². The number of aliphatic imine (C=N–C) groups is 1. The Balaban J connectivity index is 2.37. The smallest absolute Gasteiger partial charge is 0.189 e. The highest BCUT2D eigenvalue weighted by atomic mass is 16.3. The van der Waals surface area contributed by atoms with Crippen LogP contribution in [0.15, 0.2) is 4.99 Å². The molecule has 0 atom stereocenters. The standard InChI is InChI=1S/C9H19N3O/c1-2-6-11-8(10)12-9(7-13)4-3-5-9/h13H,2-7H2,1H3,(H3,10,11,12). The van der Waals surface area contributed by atoms with Gasteiger partial charge in [0.25, 0.3) is 0 Å². The first-order valence-electron chi connectivity index (χ1n) is 4.91. The van der Waals surface area contributed by atoms with E-state index in [-0.39, 0.29) is 12.1 Å². The van der Waals surface area contributed by atoms with Crippen molar-refractivity contribution >= 4 is 5.96 Å². The molecule has 0 bridgehead atoms. The van der Waals surface area contributed by atoms with Crippen molar-refractivity contribution in [3.63, 3.8) is 0 Å². The van der Waals surface area contributed by atoms with Crippen molar-refractivity contribution in [2.24, 2.45) is 10.7 Å². The second-order valence-corrected chi connectivity index (χ2v) is 3.68. The van der Waals surface area contributed by atoms with E-state index in [1.54, 1.807) is 0 Å². The molecule has 1 aliphatic carbocycles. The fourth-order valence-corrected chi connectivity index (χ4v) is 1.47. The number of aliphatic hydroxyl groups is 1. The second-order valence-electron chi connectivity index (χ2n) is 3.68. The third-order valence-electron chi connectivity index (χ3n) is 2.51. The molecule has 4 N–H and O–H groups in total. The fourth-order valence-electron chi connectivity index (χ4n) is 1.47. The second kappa shape index (κ2) is 4.46. The summed E-state index contributed by atoms with van der Waals surface area (Å²) in [6.07, 6.45) is 4.14. The van der Waals surface area contributed by atoms with Crippen LogP contribution < -0.4 is 11.1 Å². The molecule has 0 aromatic carbocycles. The van der Waals surface area contributed by atoms with Crippen LogP contribution >= 0.6 is 0 Å². The molecule has 1 aliphatic rings. The molecular formula is C9H19N3O. The van der Waals surface area contributed by atoms with Gasteiger partial charge in [0.2, 0.25) is 0 Å². The molecular weight excluding hydrogens is 166 g/mol. The molecule has 0 amide bonds.